The van der Waals surface area contributed by atoms with E-state index in [4.69, 9.17) is 4.52 Å². The first-order chi connectivity index (χ1) is 6.83. The molecule has 14 heavy (non-hydrogen) atoms. The third-order valence-electron chi connectivity index (χ3n) is 3.23. The van der Waals surface area contributed by atoms with Crippen molar-refractivity contribution in [1.82, 2.24) is 10.5 Å². The average molecular weight is 190 g/mol. The van der Waals surface area contributed by atoms with Gasteiger partial charge in [-0.2, -0.15) is 0 Å². The zero-order valence-corrected chi connectivity index (χ0v) is 8.29. The fourth-order valence-electron chi connectivity index (χ4n) is 2.26. The molecule has 0 spiro atoms. The van der Waals surface area contributed by atoms with Crippen molar-refractivity contribution < 1.29 is 4.52 Å². The standard InChI is InChI=1S/C11H14N2O/c1-7-4-11(14-13-7)8-2-3-9-6-12-10(9)5-8/h4-5,9-10,12H,2-3,6H2,1H3/t9-,10-/m1/s1. The molecule has 74 valence electrons. The second kappa shape index (κ2) is 2.95. The normalized spacial score (nSPS) is 30.5. The Hall–Kier alpha value is -1.09. The molecular formula is C11H14N2O. The summed E-state index contributed by atoms with van der Waals surface area (Å²) in [6, 6.07) is 2.61. The largest absolute Gasteiger partial charge is 0.356 e. The van der Waals surface area contributed by atoms with Gasteiger partial charge in [-0.15, -0.1) is 0 Å². The predicted octanol–water partition coefficient (Wildman–Crippen LogP) is 1.75. The average Bonchev–Trinajstić information content (AvgIpc) is 2.54. The first-order valence-electron chi connectivity index (χ1n) is 5.21. The van der Waals surface area contributed by atoms with Gasteiger partial charge in [0.2, 0.25) is 0 Å². The quantitative estimate of drug-likeness (QED) is 0.733. The van der Waals surface area contributed by atoms with E-state index in [0.717, 1.165) is 23.8 Å². The van der Waals surface area contributed by atoms with Crippen LogP contribution in [0.15, 0.2) is 16.7 Å². The summed E-state index contributed by atoms with van der Waals surface area (Å²) < 4.78 is 5.27. The van der Waals surface area contributed by atoms with E-state index >= 15 is 0 Å². The van der Waals surface area contributed by atoms with Gasteiger partial charge < -0.3 is 9.84 Å². The smallest absolute Gasteiger partial charge is 0.162 e. The molecular weight excluding hydrogens is 176 g/mol. The molecule has 1 aliphatic heterocycles. The summed E-state index contributed by atoms with van der Waals surface area (Å²) in [6.07, 6.45) is 4.72. The van der Waals surface area contributed by atoms with Gasteiger partial charge in [0, 0.05) is 18.7 Å². The van der Waals surface area contributed by atoms with Crippen LogP contribution in [0, 0.1) is 12.8 Å². The highest BCUT2D eigenvalue weighted by Crippen LogP contribution is 2.33. The Morgan fingerprint density at radius 3 is 3.07 bits per heavy atom. The highest BCUT2D eigenvalue weighted by atomic mass is 16.5. The number of aryl methyl sites for hydroxylation is 1. The Morgan fingerprint density at radius 2 is 2.50 bits per heavy atom. The lowest BCUT2D eigenvalue weighted by atomic mass is 9.80. The molecule has 2 heterocycles. The van der Waals surface area contributed by atoms with Gasteiger partial charge in [-0.3, -0.25) is 0 Å². The Bertz CT molecular complexity index is 380. The van der Waals surface area contributed by atoms with Crippen molar-refractivity contribution in [2.45, 2.75) is 25.8 Å². The highest BCUT2D eigenvalue weighted by molar-refractivity contribution is 5.63. The van der Waals surface area contributed by atoms with Crippen LogP contribution in [-0.2, 0) is 0 Å². The van der Waals surface area contributed by atoms with Crippen molar-refractivity contribution in [3.8, 4) is 0 Å². The van der Waals surface area contributed by atoms with Crippen LogP contribution in [0.25, 0.3) is 5.57 Å². The molecule has 3 rings (SSSR count). The second-order valence-corrected chi connectivity index (χ2v) is 4.26. The van der Waals surface area contributed by atoms with Crippen molar-refractivity contribution in [3.05, 3.63) is 23.6 Å². The van der Waals surface area contributed by atoms with Gasteiger partial charge in [0.05, 0.1) is 5.69 Å². The molecule has 1 N–H and O–H groups in total. The molecule has 1 aliphatic carbocycles. The maximum atomic E-state index is 5.27. The zero-order valence-electron chi connectivity index (χ0n) is 8.29. The van der Waals surface area contributed by atoms with E-state index in [1.165, 1.54) is 18.5 Å². The molecule has 2 atom stereocenters. The molecule has 0 aromatic carbocycles. The molecule has 0 amide bonds. The minimum Gasteiger partial charge on any atom is -0.356 e. The molecule has 1 fully saturated rings. The Morgan fingerprint density at radius 1 is 1.57 bits per heavy atom. The van der Waals surface area contributed by atoms with E-state index in [2.05, 4.69) is 16.5 Å². The highest BCUT2D eigenvalue weighted by Gasteiger charge is 2.32. The van der Waals surface area contributed by atoms with E-state index < -0.39 is 0 Å². The molecule has 0 unspecified atom stereocenters. The van der Waals surface area contributed by atoms with Crippen molar-refractivity contribution >= 4 is 5.57 Å². The van der Waals surface area contributed by atoms with Crippen molar-refractivity contribution in [2.24, 2.45) is 5.92 Å². The number of aromatic nitrogens is 1. The molecule has 3 heteroatoms. The third-order valence-corrected chi connectivity index (χ3v) is 3.23. The number of fused-ring (bicyclic) bond motifs is 1. The maximum Gasteiger partial charge on any atom is 0.162 e. The van der Waals surface area contributed by atoms with Crippen molar-refractivity contribution in [3.63, 3.8) is 0 Å². The third kappa shape index (κ3) is 1.20. The monoisotopic (exact) mass is 190 g/mol. The molecule has 3 nitrogen and oxygen atoms in total. The van der Waals surface area contributed by atoms with Crippen LogP contribution in [0.5, 0.6) is 0 Å². The van der Waals surface area contributed by atoms with Crippen LogP contribution in [-0.4, -0.2) is 17.7 Å². The molecule has 1 aromatic heterocycles. The van der Waals surface area contributed by atoms with Crippen LogP contribution in [0.3, 0.4) is 0 Å². The molecule has 0 saturated carbocycles. The molecule has 1 saturated heterocycles. The van der Waals surface area contributed by atoms with Gasteiger partial charge in [-0.25, -0.2) is 0 Å². The number of nitrogens with one attached hydrogen (secondary N) is 1. The Balaban J connectivity index is 1.88. The molecule has 1 aromatic rings. The van der Waals surface area contributed by atoms with E-state index in [1.54, 1.807) is 0 Å². The summed E-state index contributed by atoms with van der Waals surface area (Å²) in [7, 11) is 0. The van der Waals surface area contributed by atoms with E-state index in [-0.39, 0.29) is 0 Å². The minimum absolute atomic E-state index is 0.587. The number of nitrogens with zero attached hydrogens (tertiary/aromatic N) is 1. The van der Waals surface area contributed by atoms with Gasteiger partial charge >= 0.3 is 0 Å². The van der Waals surface area contributed by atoms with Crippen LogP contribution in [0.2, 0.25) is 0 Å². The Kier molecular flexibility index (Phi) is 1.74. The first kappa shape index (κ1) is 8.24. The maximum absolute atomic E-state index is 5.27. The van der Waals surface area contributed by atoms with Gasteiger partial charge in [-0.05, 0) is 31.3 Å². The number of rotatable bonds is 1. The van der Waals surface area contributed by atoms with E-state index in [1.807, 2.05) is 13.0 Å². The summed E-state index contributed by atoms with van der Waals surface area (Å²) in [4.78, 5) is 0. The summed E-state index contributed by atoms with van der Waals surface area (Å²) in [6.45, 7) is 3.14. The minimum atomic E-state index is 0.587. The van der Waals surface area contributed by atoms with Gasteiger partial charge in [0.25, 0.3) is 0 Å². The van der Waals surface area contributed by atoms with Crippen LogP contribution in [0.1, 0.15) is 24.3 Å². The lowest BCUT2D eigenvalue weighted by Gasteiger charge is -2.39. The first-order valence-corrected chi connectivity index (χ1v) is 5.21. The fourth-order valence-corrected chi connectivity index (χ4v) is 2.26. The SMILES string of the molecule is Cc1cc(C2=C[C@H]3NC[C@H]3CC2)on1. The predicted molar refractivity (Wildman–Crippen MR) is 53.7 cm³/mol. The zero-order chi connectivity index (χ0) is 9.54. The molecule has 0 radical (unpaired) electrons. The molecule has 2 aliphatic rings. The number of hydrogen-bond donors (Lipinski definition) is 1. The summed E-state index contributed by atoms with van der Waals surface area (Å²) in [5, 5.41) is 7.33. The van der Waals surface area contributed by atoms with Crippen LogP contribution >= 0.6 is 0 Å². The Labute approximate surface area is 83.2 Å². The molecule has 0 bridgehead atoms. The van der Waals surface area contributed by atoms with Crippen molar-refractivity contribution in [2.75, 3.05) is 6.54 Å². The van der Waals surface area contributed by atoms with E-state index in [9.17, 15) is 0 Å². The lowest BCUT2D eigenvalue weighted by molar-refractivity contribution is 0.254. The van der Waals surface area contributed by atoms with E-state index in [0.29, 0.717) is 6.04 Å². The number of hydrogen-bond acceptors (Lipinski definition) is 3. The van der Waals surface area contributed by atoms with Gasteiger partial charge in [-0.1, -0.05) is 11.2 Å². The van der Waals surface area contributed by atoms with Gasteiger partial charge in [0.15, 0.2) is 5.76 Å². The van der Waals surface area contributed by atoms with Crippen LogP contribution in [0.4, 0.5) is 0 Å². The van der Waals surface area contributed by atoms with Gasteiger partial charge in [0.1, 0.15) is 0 Å². The summed E-state index contributed by atoms with van der Waals surface area (Å²) >= 11 is 0. The van der Waals surface area contributed by atoms with Crippen LogP contribution < -0.4 is 5.32 Å². The fraction of sp³-hybridized carbons (Fsp3) is 0.545. The topological polar surface area (TPSA) is 38.1 Å². The summed E-state index contributed by atoms with van der Waals surface area (Å²) in [5.74, 6) is 1.82. The summed E-state index contributed by atoms with van der Waals surface area (Å²) in [5.41, 5.74) is 2.28. The second-order valence-electron chi connectivity index (χ2n) is 4.26. The lowest BCUT2D eigenvalue weighted by Crippen LogP contribution is -2.52. The number of allylic oxidation sites excluding steroid dienone is 1. The van der Waals surface area contributed by atoms with Crippen molar-refractivity contribution in [1.29, 1.82) is 0 Å².